The number of hydrogen-bond acceptors (Lipinski definition) is 20. The molecule has 3 aliphatic rings. The van der Waals surface area contributed by atoms with E-state index in [4.69, 9.17) is 20.9 Å². The molecule has 33 heteroatoms. The Morgan fingerprint density at radius 3 is 1.57 bits per heavy atom. The Bertz CT molecular complexity index is 4040. The summed E-state index contributed by atoms with van der Waals surface area (Å²) < 4.78 is 12.9. The zero-order valence-electron chi connectivity index (χ0n) is 66.2. The molecule has 0 aliphatic carbocycles. The molecule has 4 aromatic carbocycles. The van der Waals surface area contributed by atoms with Gasteiger partial charge in [-0.2, -0.15) is 0 Å². The molecule has 8 rings (SSSR count). The lowest BCUT2D eigenvalue weighted by Crippen LogP contribution is -2.64. The first kappa shape index (κ1) is 89.8. The number of methoxy groups -OCH3 is 1. The van der Waals surface area contributed by atoms with Crippen LogP contribution in [0.25, 0.3) is 0 Å². The number of benzene rings is 4. The number of carbonyl (C=O) groups excluding carboxylic acids is 12. The summed E-state index contributed by atoms with van der Waals surface area (Å²) in [5.74, 6) is -11.7. The predicted octanol–water partition coefficient (Wildman–Crippen LogP) is 0.510. The minimum atomic E-state index is -1.93. The monoisotopic (exact) mass is 1590 g/mol. The third kappa shape index (κ3) is 27.5. The Balaban J connectivity index is 1.19. The molecule has 0 unspecified atom stereocenters. The van der Waals surface area contributed by atoms with Crippen LogP contribution < -0.4 is 64.6 Å². The standard InChI is InChI=1S/C82H114N16O17/c1-7-8-9-10-11-21-32-67(101)93-69-71(103)70(102)65(115-82(69)114-6)47-97-46-54(95-96-97)44-61-76(108)88-60(42-53-33-35-55(99)36-34-53)78(110)94-68(49(4)5)80(112)85-56(30-22-37-83)72(104)86-57(39-48(2)3)73(105)92-63(43-52-28-19-14-20-29-52)81(113)98-38-23-31-64(98)79(111)91-59(41-51-26-17-13-18-27-51)75(107)87-58(40-50-24-15-12-16-25-50)74(106)90-62(45-66(84)100)77(109)89-61/h12-20,24-29,33-36,46,48-49,56-65,68-71,82,99,102-103H,7-11,21-23,30-32,37-45,47,83H2,1-6H3,(H2,84,100)(H,85,112)(H,86,104)(H,87,107)(H,88,108)(H,89,109)(H,90,106)(H,91,111)(H,92,105)(H,93,101)(H,94,110)/t56-,57-,58+,59-,60-,61-,62-,63+,64-,65+,68-,69+,70+,71+,82+/m0/s1. The summed E-state index contributed by atoms with van der Waals surface area (Å²) in [6.07, 6.45) is -0.340. The van der Waals surface area contributed by atoms with E-state index in [-0.39, 0.29) is 101 Å². The van der Waals surface area contributed by atoms with Gasteiger partial charge < -0.3 is 94.3 Å². The molecule has 1 aromatic heterocycles. The van der Waals surface area contributed by atoms with Crippen LogP contribution in [0.4, 0.5) is 0 Å². The van der Waals surface area contributed by atoms with Gasteiger partial charge in [0.1, 0.15) is 90.5 Å². The molecule has 5 aromatic rings. The fourth-order valence-electron chi connectivity index (χ4n) is 14.3. The summed E-state index contributed by atoms with van der Waals surface area (Å²) >= 11 is 0. The second-order valence-corrected chi connectivity index (χ2v) is 30.6. The van der Waals surface area contributed by atoms with Crippen LogP contribution in [0.15, 0.2) is 121 Å². The number of nitrogens with two attached hydrogens (primary N) is 2. The van der Waals surface area contributed by atoms with Crippen molar-refractivity contribution in [2.45, 2.75) is 248 Å². The number of rotatable bonds is 29. The summed E-state index contributed by atoms with van der Waals surface area (Å²) in [7, 11) is 1.30. The van der Waals surface area contributed by atoms with E-state index < -0.39 is 175 Å². The molecular weight excluding hydrogens is 1480 g/mol. The van der Waals surface area contributed by atoms with Crippen molar-refractivity contribution in [2.75, 3.05) is 20.2 Å². The van der Waals surface area contributed by atoms with Crippen LogP contribution in [0.5, 0.6) is 5.75 Å². The molecule has 3 fully saturated rings. The number of aromatic nitrogens is 3. The van der Waals surface area contributed by atoms with Gasteiger partial charge in [-0.3, -0.25) is 57.5 Å². The van der Waals surface area contributed by atoms with E-state index in [1.165, 1.54) is 47.2 Å². The van der Waals surface area contributed by atoms with Crippen molar-refractivity contribution in [3.05, 3.63) is 149 Å². The fraction of sp³-hybridized carbons (Fsp3) is 0.537. The first-order valence-electron chi connectivity index (χ1n) is 39.8. The molecule has 0 bridgehead atoms. The number of phenolic OH excluding ortho intramolecular Hbond substituents is 1. The number of phenols is 1. The summed E-state index contributed by atoms with van der Waals surface area (Å²) in [5, 5.41) is 69.3. The number of carbonyl (C=O) groups is 12. The number of ether oxygens (including phenoxy) is 2. The number of primary amides is 1. The predicted molar refractivity (Wildman–Crippen MR) is 422 cm³/mol. The van der Waals surface area contributed by atoms with Crippen LogP contribution >= 0.6 is 0 Å². The van der Waals surface area contributed by atoms with E-state index >= 15 is 33.6 Å². The van der Waals surface area contributed by atoms with Crippen LogP contribution in [0.2, 0.25) is 0 Å². The molecule has 15 atom stereocenters. The highest BCUT2D eigenvalue weighted by Gasteiger charge is 2.47. The highest BCUT2D eigenvalue weighted by atomic mass is 16.7. The van der Waals surface area contributed by atoms with Gasteiger partial charge in [0.2, 0.25) is 70.9 Å². The summed E-state index contributed by atoms with van der Waals surface area (Å²) in [5.41, 5.74) is 13.9. The van der Waals surface area contributed by atoms with Crippen LogP contribution in [0.1, 0.15) is 146 Å². The van der Waals surface area contributed by atoms with Gasteiger partial charge in [0.05, 0.1) is 18.7 Å². The van der Waals surface area contributed by atoms with Crippen molar-refractivity contribution >= 4 is 70.9 Å². The Kier molecular flexibility index (Phi) is 35.0. The number of aromatic hydroxyl groups is 1. The van der Waals surface area contributed by atoms with Crippen molar-refractivity contribution in [3.63, 3.8) is 0 Å². The second-order valence-electron chi connectivity index (χ2n) is 30.6. The zero-order chi connectivity index (χ0) is 83.3. The van der Waals surface area contributed by atoms with Gasteiger partial charge in [-0.1, -0.05) is 175 Å². The second kappa shape index (κ2) is 44.8. The molecule has 17 N–H and O–H groups in total. The number of unbranched alkanes of at least 4 members (excludes halogenated alkanes) is 5. The van der Waals surface area contributed by atoms with Crippen molar-refractivity contribution in [1.82, 2.24) is 73.1 Å². The summed E-state index contributed by atoms with van der Waals surface area (Å²) in [6, 6.07) is 15.1. The lowest BCUT2D eigenvalue weighted by Gasteiger charge is -2.42. The number of amides is 12. The maximum Gasteiger partial charge on any atom is 0.246 e. The Morgan fingerprint density at radius 2 is 1.03 bits per heavy atom. The lowest BCUT2D eigenvalue weighted by atomic mass is 9.96. The van der Waals surface area contributed by atoms with Crippen molar-refractivity contribution in [3.8, 4) is 5.75 Å². The van der Waals surface area contributed by atoms with Crippen LogP contribution in [0.3, 0.4) is 0 Å². The molecule has 0 spiro atoms. The van der Waals surface area contributed by atoms with E-state index in [0.29, 0.717) is 35.1 Å². The van der Waals surface area contributed by atoms with Crippen LogP contribution in [0, 0.1) is 11.8 Å². The third-order valence-electron chi connectivity index (χ3n) is 20.5. The molecule has 0 radical (unpaired) electrons. The lowest BCUT2D eigenvalue weighted by molar-refractivity contribution is -0.259. The molecule has 4 heterocycles. The normalized spacial score (nSPS) is 25.6. The van der Waals surface area contributed by atoms with E-state index in [2.05, 4.69) is 70.4 Å². The molecule has 33 nitrogen and oxygen atoms in total. The Labute approximate surface area is 669 Å². The number of nitrogens with zero attached hydrogens (tertiary/aromatic N) is 4. The smallest absolute Gasteiger partial charge is 0.246 e. The summed E-state index contributed by atoms with van der Waals surface area (Å²) in [4.78, 5) is 179. The quantitative estimate of drug-likeness (QED) is 0.0290. The van der Waals surface area contributed by atoms with Gasteiger partial charge in [-0.15, -0.1) is 5.10 Å². The molecule has 115 heavy (non-hydrogen) atoms. The molecular formula is C82H114N16O17. The molecule has 12 amide bonds. The largest absolute Gasteiger partial charge is 0.508 e. The Hall–Kier alpha value is -10.7. The van der Waals surface area contributed by atoms with Crippen LogP contribution in [-0.4, -0.2) is 217 Å². The maximum absolute atomic E-state index is 15.5. The highest BCUT2D eigenvalue weighted by Crippen LogP contribution is 2.26. The first-order valence-corrected chi connectivity index (χ1v) is 39.8. The Morgan fingerprint density at radius 1 is 0.565 bits per heavy atom. The minimum absolute atomic E-state index is 0.0372. The van der Waals surface area contributed by atoms with E-state index in [9.17, 15) is 39.3 Å². The zero-order valence-corrected chi connectivity index (χ0v) is 66.2. The van der Waals surface area contributed by atoms with Gasteiger partial charge >= 0.3 is 0 Å². The van der Waals surface area contributed by atoms with Crippen LogP contribution in [-0.2, 0) is 106 Å². The molecule has 3 saturated heterocycles. The van der Waals surface area contributed by atoms with E-state index in [0.717, 1.165) is 32.1 Å². The topological polar surface area (TPSA) is 490 Å². The highest BCUT2D eigenvalue weighted by molar-refractivity contribution is 6.01. The molecule has 0 saturated carbocycles. The number of aliphatic hydroxyl groups excluding tert-OH is 2. The average Bonchev–Trinajstić information content (AvgIpc) is 1.70. The summed E-state index contributed by atoms with van der Waals surface area (Å²) in [6.45, 7) is 8.78. The number of fused-ring (bicyclic) bond motifs is 1. The van der Waals surface area contributed by atoms with Crippen molar-refractivity contribution < 1.29 is 82.3 Å². The van der Waals surface area contributed by atoms with Crippen molar-refractivity contribution in [2.24, 2.45) is 23.3 Å². The number of hydrogen-bond donors (Lipinski definition) is 15. The third-order valence-corrected chi connectivity index (χ3v) is 20.5. The van der Waals surface area contributed by atoms with Gasteiger partial charge in [-0.05, 0) is 91.3 Å². The van der Waals surface area contributed by atoms with Gasteiger partial charge in [-0.25, -0.2) is 4.68 Å². The SMILES string of the molecule is CCCCCCCCC(=O)N[C@H]1[C@H](OC)O[C@H](Cn2cc(C[C@@H]3NC(=O)[C@H](CC(N)=O)NC(=O)[C@@H](Cc4ccccc4)NC(=O)[C@H](Cc4ccccc4)NC(=O)[C@@H]4CCCN4C(=O)[C@@H](Cc4ccccc4)NC(=O)[C@H](CC(C)C)NC(=O)[C@H](CCCN)NC(=O)[C@H](C(C)C)NC(=O)[C@H](Cc4ccc(O)cc4)NC3=O)nn2)[C@@H](O)[C@@H]1O. The van der Waals surface area contributed by atoms with E-state index in [1.807, 2.05) is 13.8 Å². The minimum Gasteiger partial charge on any atom is -0.508 e. The maximum atomic E-state index is 15.5. The van der Waals surface area contributed by atoms with E-state index in [1.54, 1.807) is 105 Å². The van der Waals surface area contributed by atoms with Gasteiger partial charge in [0.15, 0.2) is 6.29 Å². The number of aliphatic hydroxyl groups is 2. The average molecular weight is 1600 g/mol. The fourth-order valence-corrected chi connectivity index (χ4v) is 14.3. The first-order chi connectivity index (χ1) is 55.1. The molecule has 3 aliphatic heterocycles. The van der Waals surface area contributed by atoms with Gasteiger partial charge in [0, 0.05) is 58.4 Å². The molecule has 624 valence electrons. The van der Waals surface area contributed by atoms with Gasteiger partial charge in [0.25, 0.3) is 0 Å². The van der Waals surface area contributed by atoms with Crippen molar-refractivity contribution in [1.29, 1.82) is 0 Å². The number of nitrogens with one attached hydrogen (secondary N) is 10.